The predicted octanol–water partition coefficient (Wildman–Crippen LogP) is 3.00. The van der Waals surface area contributed by atoms with Gasteiger partial charge in [-0.1, -0.05) is 0 Å². The van der Waals surface area contributed by atoms with E-state index in [4.69, 9.17) is 4.98 Å². The van der Waals surface area contributed by atoms with Crippen molar-refractivity contribution in [1.29, 1.82) is 0 Å². The third kappa shape index (κ3) is 3.96. The van der Waals surface area contributed by atoms with Gasteiger partial charge in [-0.2, -0.15) is 9.40 Å². The molecule has 3 aromatic heterocycles. The van der Waals surface area contributed by atoms with E-state index in [2.05, 4.69) is 15.1 Å². The molecule has 1 saturated heterocycles. The zero-order valence-electron chi connectivity index (χ0n) is 16.7. The lowest BCUT2D eigenvalue weighted by Gasteiger charge is -2.29. The van der Waals surface area contributed by atoms with Crippen LogP contribution in [0, 0.1) is 13.8 Å². The van der Waals surface area contributed by atoms with Crippen LogP contribution in [0.15, 0.2) is 29.6 Å². The van der Waals surface area contributed by atoms with Gasteiger partial charge in [0.1, 0.15) is 10.7 Å². The van der Waals surface area contributed by atoms with Crippen molar-refractivity contribution >= 4 is 21.4 Å². The first kappa shape index (κ1) is 20.1. The van der Waals surface area contributed by atoms with Gasteiger partial charge in [-0.25, -0.2) is 23.4 Å². The fourth-order valence-electron chi connectivity index (χ4n) is 3.56. The maximum atomic E-state index is 12.9. The summed E-state index contributed by atoms with van der Waals surface area (Å²) in [5.74, 6) is 1.00. The van der Waals surface area contributed by atoms with E-state index in [-0.39, 0.29) is 10.8 Å². The molecule has 0 N–H and O–H groups in total. The number of hydrogen-bond acceptors (Lipinski definition) is 7. The average molecular weight is 433 g/mol. The highest BCUT2D eigenvalue weighted by Gasteiger charge is 2.32. The number of thiazole rings is 1. The molecule has 0 aromatic carbocycles. The van der Waals surface area contributed by atoms with Crippen molar-refractivity contribution in [2.75, 3.05) is 13.1 Å². The van der Waals surface area contributed by atoms with Crippen LogP contribution in [-0.2, 0) is 16.6 Å². The van der Waals surface area contributed by atoms with Crippen molar-refractivity contribution in [3.63, 3.8) is 0 Å². The minimum atomic E-state index is -3.49. The summed E-state index contributed by atoms with van der Waals surface area (Å²) < 4.78 is 29.0. The molecule has 4 heterocycles. The van der Waals surface area contributed by atoms with Crippen LogP contribution in [0.5, 0.6) is 0 Å². The van der Waals surface area contributed by atoms with Crippen LogP contribution in [0.2, 0.25) is 0 Å². The number of sulfonamides is 1. The fraction of sp³-hybridized carbons (Fsp3) is 0.474. The van der Waals surface area contributed by atoms with E-state index in [1.54, 1.807) is 32.7 Å². The summed E-state index contributed by atoms with van der Waals surface area (Å²) in [6.45, 7) is 7.44. The van der Waals surface area contributed by atoms with Crippen molar-refractivity contribution in [1.82, 2.24) is 29.0 Å². The monoisotopic (exact) mass is 432 g/mol. The molecular weight excluding hydrogens is 408 g/mol. The normalized spacial score (nSPS) is 16.4. The Balaban J connectivity index is 1.48. The molecule has 3 aromatic rings. The standard InChI is InChI=1S/C19H24N6O2S2/c1-4-24-12-16(11-21-24)29(26,27)25-9-6-15(7-10-25)19-22-13(2)18(28-19)17-5-8-20-14(3)23-17/h5,8,11-12,15H,4,6-7,9-10H2,1-3H3. The molecule has 0 unspecified atom stereocenters. The Morgan fingerprint density at radius 1 is 1.21 bits per heavy atom. The third-order valence-corrected chi connectivity index (χ3v) is 8.39. The second kappa shape index (κ2) is 7.92. The van der Waals surface area contributed by atoms with Gasteiger partial charge < -0.3 is 0 Å². The van der Waals surface area contributed by atoms with Crippen molar-refractivity contribution < 1.29 is 8.42 Å². The number of rotatable bonds is 5. The van der Waals surface area contributed by atoms with Gasteiger partial charge in [0, 0.05) is 37.9 Å². The average Bonchev–Trinajstić information content (AvgIpc) is 3.35. The summed E-state index contributed by atoms with van der Waals surface area (Å²) in [6.07, 6.45) is 6.32. The highest BCUT2D eigenvalue weighted by atomic mass is 32.2. The van der Waals surface area contributed by atoms with Crippen molar-refractivity contribution in [2.24, 2.45) is 0 Å². The number of nitrogens with zero attached hydrogens (tertiary/aromatic N) is 6. The highest BCUT2D eigenvalue weighted by Crippen LogP contribution is 2.37. The van der Waals surface area contributed by atoms with Gasteiger partial charge in [0.25, 0.3) is 0 Å². The molecule has 10 heteroatoms. The van der Waals surface area contributed by atoms with E-state index in [0.717, 1.165) is 39.9 Å². The molecule has 29 heavy (non-hydrogen) atoms. The van der Waals surface area contributed by atoms with Crippen molar-refractivity contribution in [3.8, 4) is 10.6 Å². The van der Waals surface area contributed by atoms with Crippen LogP contribution < -0.4 is 0 Å². The maximum Gasteiger partial charge on any atom is 0.246 e. The quantitative estimate of drug-likeness (QED) is 0.615. The lowest BCUT2D eigenvalue weighted by atomic mass is 9.99. The van der Waals surface area contributed by atoms with Crippen LogP contribution in [0.1, 0.15) is 42.2 Å². The van der Waals surface area contributed by atoms with Crippen LogP contribution >= 0.6 is 11.3 Å². The smallest absolute Gasteiger partial charge is 0.246 e. The first-order chi connectivity index (χ1) is 13.9. The third-order valence-electron chi connectivity index (χ3n) is 5.20. The minimum absolute atomic E-state index is 0.264. The van der Waals surface area contributed by atoms with E-state index in [0.29, 0.717) is 19.6 Å². The Hall–Kier alpha value is -2.17. The van der Waals surface area contributed by atoms with E-state index >= 15 is 0 Å². The van der Waals surface area contributed by atoms with Gasteiger partial charge >= 0.3 is 0 Å². The van der Waals surface area contributed by atoms with Crippen LogP contribution in [0.25, 0.3) is 10.6 Å². The molecule has 1 fully saturated rings. The summed E-state index contributed by atoms with van der Waals surface area (Å²) in [5, 5.41) is 5.16. The zero-order valence-corrected chi connectivity index (χ0v) is 18.4. The molecule has 8 nitrogen and oxygen atoms in total. The Morgan fingerprint density at radius 2 is 1.97 bits per heavy atom. The predicted molar refractivity (Wildman–Crippen MR) is 111 cm³/mol. The molecule has 4 rings (SSSR count). The Labute approximate surface area is 174 Å². The lowest BCUT2D eigenvalue weighted by Crippen LogP contribution is -2.37. The largest absolute Gasteiger partial charge is 0.272 e. The SMILES string of the molecule is CCn1cc(S(=O)(=O)N2CCC(c3nc(C)c(-c4ccnc(C)n4)s3)CC2)cn1. The first-order valence-corrected chi connectivity index (χ1v) is 11.9. The van der Waals surface area contributed by atoms with E-state index in [1.165, 1.54) is 6.20 Å². The van der Waals surface area contributed by atoms with Crippen LogP contribution in [0.3, 0.4) is 0 Å². The van der Waals surface area contributed by atoms with E-state index in [1.807, 2.05) is 26.8 Å². The second-order valence-corrected chi connectivity index (χ2v) is 10.1. The molecule has 1 aliphatic rings. The fourth-order valence-corrected chi connectivity index (χ4v) is 6.19. The number of aryl methyl sites for hydroxylation is 3. The van der Waals surface area contributed by atoms with Gasteiger partial charge in [-0.3, -0.25) is 4.68 Å². The molecule has 0 aliphatic carbocycles. The molecule has 0 radical (unpaired) electrons. The second-order valence-electron chi connectivity index (χ2n) is 7.17. The van der Waals surface area contributed by atoms with Crippen molar-refractivity contribution in [2.45, 2.75) is 51.0 Å². The molecular formula is C19H24N6O2S2. The number of piperidine rings is 1. The van der Waals surface area contributed by atoms with Crippen LogP contribution in [0.4, 0.5) is 0 Å². The summed E-state index contributed by atoms with van der Waals surface area (Å²) >= 11 is 1.66. The van der Waals surface area contributed by atoms with Gasteiger partial charge in [0.2, 0.25) is 10.0 Å². The summed E-state index contributed by atoms with van der Waals surface area (Å²) in [6, 6.07) is 1.91. The van der Waals surface area contributed by atoms with Gasteiger partial charge in [0.15, 0.2) is 0 Å². The van der Waals surface area contributed by atoms with Gasteiger partial charge in [-0.05, 0) is 39.7 Å². The van der Waals surface area contributed by atoms with Gasteiger partial charge in [-0.15, -0.1) is 11.3 Å². The Kier molecular flexibility index (Phi) is 5.50. The van der Waals surface area contributed by atoms with E-state index < -0.39 is 10.0 Å². The maximum absolute atomic E-state index is 12.9. The topological polar surface area (TPSA) is 93.9 Å². The Bertz CT molecular complexity index is 1110. The minimum Gasteiger partial charge on any atom is -0.272 e. The highest BCUT2D eigenvalue weighted by molar-refractivity contribution is 7.89. The summed E-state index contributed by atoms with van der Waals surface area (Å²) in [4.78, 5) is 14.8. The molecule has 1 aliphatic heterocycles. The molecule has 154 valence electrons. The van der Waals surface area contributed by atoms with Gasteiger partial charge in [0.05, 0.1) is 27.5 Å². The summed E-state index contributed by atoms with van der Waals surface area (Å²) in [7, 11) is -3.49. The molecule has 0 amide bonds. The number of aromatic nitrogens is 5. The lowest BCUT2D eigenvalue weighted by molar-refractivity contribution is 0.319. The van der Waals surface area contributed by atoms with E-state index in [9.17, 15) is 8.42 Å². The molecule has 0 spiro atoms. The van der Waals surface area contributed by atoms with Crippen molar-refractivity contribution in [3.05, 3.63) is 41.2 Å². The molecule has 0 saturated carbocycles. The zero-order chi connectivity index (χ0) is 20.6. The summed E-state index contributed by atoms with van der Waals surface area (Å²) in [5.41, 5.74) is 1.86. The Morgan fingerprint density at radius 3 is 2.62 bits per heavy atom. The molecule has 0 atom stereocenters. The first-order valence-electron chi connectivity index (χ1n) is 9.68. The molecule has 0 bridgehead atoms. The van der Waals surface area contributed by atoms with Crippen LogP contribution in [-0.4, -0.2) is 50.5 Å². The number of hydrogen-bond donors (Lipinski definition) is 0.